The summed E-state index contributed by atoms with van der Waals surface area (Å²) in [7, 11) is 0. The Morgan fingerprint density at radius 2 is 1.89 bits per heavy atom. The molecule has 1 saturated carbocycles. The fourth-order valence-corrected chi connectivity index (χ4v) is 3.55. The molecular weight excluding hydrogens is 220 g/mol. The molecule has 0 aromatic carbocycles. The van der Waals surface area contributed by atoms with Gasteiger partial charge < -0.3 is 5.32 Å². The highest BCUT2D eigenvalue weighted by Crippen LogP contribution is 2.39. The van der Waals surface area contributed by atoms with Gasteiger partial charge in [0.15, 0.2) is 0 Å². The van der Waals surface area contributed by atoms with E-state index in [9.17, 15) is 0 Å². The third kappa shape index (κ3) is 2.91. The zero-order valence-corrected chi connectivity index (χ0v) is 13.0. The summed E-state index contributed by atoms with van der Waals surface area (Å²) in [5.41, 5.74) is 0.378. The van der Waals surface area contributed by atoms with Gasteiger partial charge >= 0.3 is 0 Å². The monoisotopic (exact) mass is 252 g/mol. The van der Waals surface area contributed by atoms with Gasteiger partial charge in [-0.1, -0.05) is 34.6 Å². The number of nitrogens with one attached hydrogen (secondary N) is 1. The largest absolute Gasteiger partial charge is 0.308 e. The molecule has 0 spiro atoms. The lowest BCUT2D eigenvalue weighted by Gasteiger charge is -2.49. The molecule has 2 fully saturated rings. The molecule has 0 aromatic heterocycles. The molecule has 1 heterocycles. The van der Waals surface area contributed by atoms with Crippen LogP contribution in [0.25, 0.3) is 0 Å². The van der Waals surface area contributed by atoms with Crippen LogP contribution in [0.15, 0.2) is 0 Å². The Labute approximate surface area is 114 Å². The van der Waals surface area contributed by atoms with Crippen molar-refractivity contribution in [3.63, 3.8) is 0 Å². The van der Waals surface area contributed by atoms with Crippen molar-refractivity contribution >= 4 is 0 Å². The highest BCUT2D eigenvalue weighted by Gasteiger charge is 2.41. The second-order valence-corrected chi connectivity index (χ2v) is 7.08. The summed E-state index contributed by atoms with van der Waals surface area (Å²) in [5, 5.41) is 3.86. The summed E-state index contributed by atoms with van der Waals surface area (Å²) in [6.45, 7) is 15.6. The fourth-order valence-electron chi connectivity index (χ4n) is 3.55. The molecule has 1 aliphatic heterocycles. The minimum Gasteiger partial charge on any atom is -0.308 e. The maximum Gasteiger partial charge on any atom is 0.0304 e. The minimum absolute atomic E-state index is 0.378. The number of hydrogen-bond donors (Lipinski definition) is 1. The SMILES string of the molecule is CCC1(CC)CN(CC2CC2C)C(C(C)C)CN1. The number of piperazine rings is 1. The molecule has 2 aliphatic rings. The van der Waals surface area contributed by atoms with E-state index in [0.29, 0.717) is 5.54 Å². The van der Waals surface area contributed by atoms with Crippen molar-refractivity contribution in [1.29, 1.82) is 0 Å². The fraction of sp³-hybridized carbons (Fsp3) is 1.00. The highest BCUT2D eigenvalue weighted by molar-refractivity contribution is 4.99. The van der Waals surface area contributed by atoms with E-state index in [1.807, 2.05) is 0 Å². The Balaban J connectivity index is 2.02. The average molecular weight is 252 g/mol. The summed E-state index contributed by atoms with van der Waals surface area (Å²) >= 11 is 0. The van der Waals surface area contributed by atoms with Crippen LogP contribution in [-0.4, -0.2) is 36.1 Å². The van der Waals surface area contributed by atoms with Gasteiger partial charge in [-0.25, -0.2) is 0 Å². The van der Waals surface area contributed by atoms with Crippen LogP contribution < -0.4 is 5.32 Å². The lowest BCUT2D eigenvalue weighted by atomic mass is 9.86. The van der Waals surface area contributed by atoms with E-state index in [1.54, 1.807) is 0 Å². The van der Waals surface area contributed by atoms with Gasteiger partial charge in [0, 0.05) is 31.2 Å². The molecular formula is C16H32N2. The molecule has 3 atom stereocenters. The lowest BCUT2D eigenvalue weighted by Crippen LogP contribution is -2.65. The maximum atomic E-state index is 3.86. The average Bonchev–Trinajstić information content (AvgIpc) is 3.04. The molecule has 2 heteroatoms. The van der Waals surface area contributed by atoms with E-state index in [-0.39, 0.29) is 0 Å². The number of nitrogens with zero attached hydrogens (tertiary/aromatic N) is 1. The number of hydrogen-bond acceptors (Lipinski definition) is 2. The second-order valence-electron chi connectivity index (χ2n) is 7.08. The normalized spacial score (nSPS) is 36.0. The second kappa shape index (κ2) is 5.50. The van der Waals surface area contributed by atoms with Gasteiger partial charge in [-0.2, -0.15) is 0 Å². The molecule has 18 heavy (non-hydrogen) atoms. The van der Waals surface area contributed by atoms with E-state index in [1.165, 1.54) is 38.9 Å². The van der Waals surface area contributed by atoms with Crippen molar-refractivity contribution in [3.8, 4) is 0 Å². The highest BCUT2D eigenvalue weighted by atomic mass is 15.3. The van der Waals surface area contributed by atoms with Crippen LogP contribution in [0.1, 0.15) is 53.9 Å². The van der Waals surface area contributed by atoms with Crippen LogP contribution in [0.2, 0.25) is 0 Å². The van der Waals surface area contributed by atoms with Crippen molar-refractivity contribution < 1.29 is 0 Å². The van der Waals surface area contributed by atoms with E-state index in [4.69, 9.17) is 0 Å². The van der Waals surface area contributed by atoms with Gasteiger partial charge in [-0.15, -0.1) is 0 Å². The van der Waals surface area contributed by atoms with Crippen LogP contribution in [0.3, 0.4) is 0 Å². The summed E-state index contributed by atoms with van der Waals surface area (Å²) in [6.07, 6.45) is 3.97. The molecule has 1 saturated heterocycles. The van der Waals surface area contributed by atoms with Crippen LogP contribution in [0.5, 0.6) is 0 Å². The van der Waals surface area contributed by atoms with Gasteiger partial charge in [0.1, 0.15) is 0 Å². The molecule has 0 aromatic rings. The standard InChI is InChI=1S/C16H32N2/c1-6-16(7-2)11-18(10-14-8-13(14)5)15(9-17-16)12(3)4/h12-15,17H,6-11H2,1-5H3. The summed E-state index contributed by atoms with van der Waals surface area (Å²) in [5.74, 6) is 2.72. The molecule has 0 bridgehead atoms. The quantitative estimate of drug-likeness (QED) is 0.809. The summed E-state index contributed by atoms with van der Waals surface area (Å²) < 4.78 is 0. The molecule has 2 rings (SSSR count). The van der Waals surface area contributed by atoms with Crippen molar-refractivity contribution in [1.82, 2.24) is 10.2 Å². The third-order valence-corrected chi connectivity index (χ3v) is 5.53. The molecule has 3 unspecified atom stereocenters. The molecule has 0 amide bonds. The Morgan fingerprint density at radius 1 is 1.28 bits per heavy atom. The van der Waals surface area contributed by atoms with E-state index in [0.717, 1.165) is 23.8 Å². The smallest absolute Gasteiger partial charge is 0.0304 e. The van der Waals surface area contributed by atoms with Crippen LogP contribution in [0.4, 0.5) is 0 Å². The van der Waals surface area contributed by atoms with Gasteiger partial charge in [-0.3, -0.25) is 4.90 Å². The Kier molecular flexibility index (Phi) is 4.38. The first-order valence-corrected chi connectivity index (χ1v) is 8.00. The first-order valence-electron chi connectivity index (χ1n) is 8.00. The van der Waals surface area contributed by atoms with Gasteiger partial charge in [0.25, 0.3) is 0 Å². The van der Waals surface area contributed by atoms with Gasteiger partial charge in [0.2, 0.25) is 0 Å². The van der Waals surface area contributed by atoms with Crippen LogP contribution >= 0.6 is 0 Å². The van der Waals surface area contributed by atoms with E-state index < -0.39 is 0 Å². The Hall–Kier alpha value is -0.0800. The molecule has 0 radical (unpaired) electrons. The van der Waals surface area contributed by atoms with Gasteiger partial charge in [0.05, 0.1) is 0 Å². The Bertz CT molecular complexity index is 270. The molecule has 1 aliphatic carbocycles. The zero-order valence-electron chi connectivity index (χ0n) is 13.0. The van der Waals surface area contributed by atoms with Crippen molar-refractivity contribution in [2.24, 2.45) is 17.8 Å². The van der Waals surface area contributed by atoms with Crippen LogP contribution in [0, 0.1) is 17.8 Å². The molecule has 106 valence electrons. The predicted octanol–water partition coefficient (Wildman–Crippen LogP) is 3.13. The lowest BCUT2D eigenvalue weighted by molar-refractivity contribution is 0.0459. The van der Waals surface area contributed by atoms with E-state index in [2.05, 4.69) is 44.8 Å². The minimum atomic E-state index is 0.378. The summed E-state index contributed by atoms with van der Waals surface area (Å²) in [6, 6.07) is 0.740. The van der Waals surface area contributed by atoms with Crippen LogP contribution in [-0.2, 0) is 0 Å². The summed E-state index contributed by atoms with van der Waals surface area (Å²) in [4.78, 5) is 2.81. The van der Waals surface area contributed by atoms with Crippen molar-refractivity contribution in [3.05, 3.63) is 0 Å². The Morgan fingerprint density at radius 3 is 2.33 bits per heavy atom. The first-order chi connectivity index (χ1) is 8.51. The van der Waals surface area contributed by atoms with E-state index >= 15 is 0 Å². The topological polar surface area (TPSA) is 15.3 Å². The predicted molar refractivity (Wildman–Crippen MR) is 78.8 cm³/mol. The van der Waals surface area contributed by atoms with Crippen molar-refractivity contribution in [2.45, 2.75) is 65.5 Å². The maximum absolute atomic E-state index is 3.86. The first kappa shape index (κ1) is 14.3. The zero-order chi connectivity index (χ0) is 13.3. The van der Waals surface area contributed by atoms with Gasteiger partial charge in [-0.05, 0) is 37.0 Å². The third-order valence-electron chi connectivity index (χ3n) is 5.53. The molecule has 1 N–H and O–H groups in total. The number of rotatable bonds is 5. The molecule has 2 nitrogen and oxygen atoms in total. The van der Waals surface area contributed by atoms with Crippen molar-refractivity contribution in [2.75, 3.05) is 19.6 Å².